The summed E-state index contributed by atoms with van der Waals surface area (Å²) in [5.74, 6) is -0.740. The van der Waals surface area contributed by atoms with Gasteiger partial charge in [-0.3, -0.25) is 0 Å². The van der Waals surface area contributed by atoms with Gasteiger partial charge in [-0.05, 0) is 22.0 Å². The summed E-state index contributed by atoms with van der Waals surface area (Å²) in [4.78, 5) is 0. The molecular formula is C6H3BrClFO. The number of hydrogen-bond acceptors (Lipinski definition) is 1. The number of benzene rings is 1. The number of rotatable bonds is 0. The smallest absolute Gasteiger partial charge is 0.142 e. The molecule has 0 amide bonds. The molecule has 0 aromatic heterocycles. The highest BCUT2D eigenvalue weighted by molar-refractivity contribution is 9.10. The Balaban J connectivity index is 3.31. The molecule has 0 fully saturated rings. The van der Waals surface area contributed by atoms with E-state index in [0.717, 1.165) is 6.07 Å². The highest BCUT2D eigenvalue weighted by Crippen LogP contribution is 2.29. The van der Waals surface area contributed by atoms with Crippen molar-refractivity contribution >= 4 is 27.5 Å². The molecule has 0 aliphatic carbocycles. The first-order chi connectivity index (χ1) is 4.61. The van der Waals surface area contributed by atoms with Gasteiger partial charge in [0.15, 0.2) is 0 Å². The van der Waals surface area contributed by atoms with E-state index < -0.39 is 5.82 Å². The molecule has 0 spiro atoms. The molecule has 0 saturated heterocycles. The molecule has 0 unspecified atom stereocenters. The number of hydrogen-bond donors (Lipinski definition) is 1. The van der Waals surface area contributed by atoms with Crippen LogP contribution in [-0.4, -0.2) is 5.11 Å². The Bertz CT molecular complexity index is 241. The van der Waals surface area contributed by atoms with Gasteiger partial charge in [-0.1, -0.05) is 11.6 Å². The summed E-state index contributed by atoms with van der Waals surface area (Å²) in [7, 11) is 0. The lowest BCUT2D eigenvalue weighted by atomic mass is 10.3. The van der Waals surface area contributed by atoms with Crippen molar-refractivity contribution in [3.8, 4) is 5.75 Å². The molecule has 0 bridgehead atoms. The van der Waals surface area contributed by atoms with Crippen molar-refractivity contribution in [2.75, 3.05) is 0 Å². The van der Waals surface area contributed by atoms with Crippen molar-refractivity contribution in [3.05, 3.63) is 27.4 Å². The van der Waals surface area contributed by atoms with E-state index >= 15 is 0 Å². The average Bonchev–Trinajstić information content (AvgIpc) is 1.82. The maximum absolute atomic E-state index is 12.5. The van der Waals surface area contributed by atoms with Crippen molar-refractivity contribution in [1.29, 1.82) is 0 Å². The van der Waals surface area contributed by atoms with E-state index in [1.807, 2.05) is 0 Å². The Hall–Kier alpha value is -0.280. The van der Waals surface area contributed by atoms with Gasteiger partial charge in [0.2, 0.25) is 0 Å². The predicted molar refractivity (Wildman–Crippen MR) is 40.8 cm³/mol. The normalized spacial score (nSPS) is 9.90. The molecule has 10 heavy (non-hydrogen) atoms. The van der Waals surface area contributed by atoms with E-state index in [9.17, 15) is 4.39 Å². The van der Waals surface area contributed by atoms with Gasteiger partial charge in [0, 0.05) is 6.07 Å². The Kier molecular flexibility index (Phi) is 2.16. The van der Waals surface area contributed by atoms with E-state index in [1.54, 1.807) is 0 Å². The summed E-state index contributed by atoms with van der Waals surface area (Å²) in [6, 6.07) is 2.24. The highest BCUT2D eigenvalue weighted by atomic mass is 79.9. The van der Waals surface area contributed by atoms with E-state index in [1.165, 1.54) is 6.07 Å². The van der Waals surface area contributed by atoms with Crippen LogP contribution in [0.25, 0.3) is 0 Å². The summed E-state index contributed by atoms with van der Waals surface area (Å²) >= 11 is 8.37. The molecule has 0 heterocycles. The quantitative estimate of drug-likeness (QED) is 0.673. The topological polar surface area (TPSA) is 20.2 Å². The predicted octanol–water partition coefficient (Wildman–Crippen LogP) is 2.95. The Morgan fingerprint density at radius 1 is 1.50 bits per heavy atom. The lowest BCUT2D eigenvalue weighted by Gasteiger charge is -1.97. The average molecular weight is 225 g/mol. The van der Waals surface area contributed by atoms with Crippen LogP contribution in [0.5, 0.6) is 5.75 Å². The number of aromatic hydroxyl groups is 1. The molecule has 1 nitrogen and oxygen atoms in total. The molecule has 1 aromatic carbocycles. The zero-order valence-electron chi connectivity index (χ0n) is 4.74. The molecular weight excluding hydrogens is 222 g/mol. The molecule has 1 rings (SSSR count). The van der Waals surface area contributed by atoms with E-state index in [-0.39, 0.29) is 15.2 Å². The van der Waals surface area contributed by atoms with Crippen molar-refractivity contribution in [2.24, 2.45) is 0 Å². The van der Waals surface area contributed by atoms with Crippen molar-refractivity contribution in [1.82, 2.24) is 0 Å². The second-order valence-corrected chi connectivity index (χ2v) is 2.92. The van der Waals surface area contributed by atoms with E-state index in [4.69, 9.17) is 16.7 Å². The molecule has 0 saturated carbocycles. The zero-order valence-corrected chi connectivity index (χ0v) is 7.08. The fourth-order valence-corrected chi connectivity index (χ4v) is 0.973. The van der Waals surface area contributed by atoms with Crippen LogP contribution in [0, 0.1) is 5.82 Å². The van der Waals surface area contributed by atoms with Gasteiger partial charge in [0.05, 0.1) is 9.50 Å². The third-order valence-electron chi connectivity index (χ3n) is 0.969. The summed E-state index contributed by atoms with van der Waals surface area (Å²) in [5.41, 5.74) is 0. The fourth-order valence-electron chi connectivity index (χ4n) is 0.542. The van der Waals surface area contributed by atoms with Crippen LogP contribution in [0.3, 0.4) is 0 Å². The monoisotopic (exact) mass is 224 g/mol. The fraction of sp³-hybridized carbons (Fsp3) is 0. The molecule has 0 atom stereocenters. The molecule has 54 valence electrons. The molecule has 1 aromatic rings. The third-order valence-corrected chi connectivity index (χ3v) is 2.30. The van der Waals surface area contributed by atoms with Gasteiger partial charge in [0.25, 0.3) is 0 Å². The summed E-state index contributed by atoms with van der Waals surface area (Å²) in [6.07, 6.45) is 0. The molecule has 0 radical (unpaired) electrons. The van der Waals surface area contributed by atoms with E-state index in [0.29, 0.717) is 0 Å². The van der Waals surface area contributed by atoms with Crippen LogP contribution in [0.15, 0.2) is 16.6 Å². The second-order valence-electron chi connectivity index (χ2n) is 1.72. The van der Waals surface area contributed by atoms with Crippen molar-refractivity contribution < 1.29 is 9.50 Å². The summed E-state index contributed by atoms with van der Waals surface area (Å²) < 4.78 is 12.7. The van der Waals surface area contributed by atoms with Crippen LogP contribution in [0.4, 0.5) is 4.39 Å². The SMILES string of the molecule is Oc1cc(F)c(Br)c(Cl)c1. The lowest BCUT2D eigenvalue weighted by molar-refractivity contribution is 0.468. The van der Waals surface area contributed by atoms with E-state index in [2.05, 4.69) is 15.9 Å². The van der Waals surface area contributed by atoms with Crippen LogP contribution in [0.1, 0.15) is 0 Å². The Labute approximate surface area is 70.6 Å². The largest absolute Gasteiger partial charge is 0.508 e. The van der Waals surface area contributed by atoms with Crippen LogP contribution in [-0.2, 0) is 0 Å². The number of halogens is 3. The molecule has 0 aliphatic heterocycles. The maximum Gasteiger partial charge on any atom is 0.142 e. The number of phenolic OH excluding ortho intramolecular Hbond substituents is 1. The van der Waals surface area contributed by atoms with Crippen LogP contribution >= 0.6 is 27.5 Å². The van der Waals surface area contributed by atoms with Gasteiger partial charge >= 0.3 is 0 Å². The van der Waals surface area contributed by atoms with Gasteiger partial charge < -0.3 is 5.11 Å². The molecule has 0 aliphatic rings. The molecule has 4 heteroatoms. The zero-order chi connectivity index (χ0) is 7.72. The molecule has 1 N–H and O–H groups in total. The lowest BCUT2D eigenvalue weighted by Crippen LogP contribution is -1.77. The van der Waals surface area contributed by atoms with Crippen LogP contribution in [0.2, 0.25) is 5.02 Å². The van der Waals surface area contributed by atoms with Gasteiger partial charge in [0.1, 0.15) is 11.6 Å². The standard InChI is InChI=1S/C6H3BrClFO/c7-6-4(8)1-3(10)2-5(6)9/h1-2,10H. The summed E-state index contributed by atoms with van der Waals surface area (Å²) in [5, 5.41) is 8.94. The van der Waals surface area contributed by atoms with Crippen molar-refractivity contribution in [2.45, 2.75) is 0 Å². The minimum atomic E-state index is -0.565. The third kappa shape index (κ3) is 1.41. The van der Waals surface area contributed by atoms with Crippen molar-refractivity contribution in [3.63, 3.8) is 0 Å². The summed E-state index contributed by atoms with van der Waals surface area (Å²) in [6.45, 7) is 0. The van der Waals surface area contributed by atoms with Crippen LogP contribution < -0.4 is 0 Å². The first-order valence-electron chi connectivity index (χ1n) is 2.45. The first-order valence-corrected chi connectivity index (χ1v) is 3.62. The highest BCUT2D eigenvalue weighted by Gasteiger charge is 2.04. The minimum absolute atomic E-state index is 0.164. The minimum Gasteiger partial charge on any atom is -0.508 e. The first kappa shape index (κ1) is 7.82. The Morgan fingerprint density at radius 3 is 2.60 bits per heavy atom. The Morgan fingerprint density at radius 2 is 2.10 bits per heavy atom. The van der Waals surface area contributed by atoms with Gasteiger partial charge in [-0.25, -0.2) is 4.39 Å². The van der Waals surface area contributed by atoms with Gasteiger partial charge in [-0.15, -0.1) is 0 Å². The number of phenols is 1. The van der Waals surface area contributed by atoms with Gasteiger partial charge in [-0.2, -0.15) is 0 Å². The maximum atomic E-state index is 12.5. The second kappa shape index (κ2) is 2.76.